The van der Waals surface area contributed by atoms with Gasteiger partial charge in [0.05, 0.1) is 11.9 Å². The summed E-state index contributed by atoms with van der Waals surface area (Å²) in [4.78, 5) is 23.8. The molecule has 0 aromatic carbocycles. The fourth-order valence-corrected chi connectivity index (χ4v) is 1.45. The first-order valence-electron chi connectivity index (χ1n) is 5.90. The number of anilines is 1. The zero-order chi connectivity index (χ0) is 14.3. The van der Waals surface area contributed by atoms with Gasteiger partial charge in [-0.2, -0.15) is 5.10 Å². The van der Waals surface area contributed by atoms with Crippen LogP contribution in [0.3, 0.4) is 0 Å². The fraction of sp³-hybridized carbons (Fsp3) is 0.417. The zero-order valence-corrected chi connectivity index (χ0v) is 10.9. The number of nitrogens with one attached hydrogen (secondary N) is 1. The van der Waals surface area contributed by atoms with E-state index in [1.54, 1.807) is 11.9 Å². The van der Waals surface area contributed by atoms with Crippen molar-refractivity contribution in [2.75, 3.05) is 18.9 Å². The topological polar surface area (TPSA) is 87.5 Å². The van der Waals surface area contributed by atoms with Crippen molar-refractivity contribution in [2.45, 2.75) is 19.4 Å². The summed E-state index contributed by atoms with van der Waals surface area (Å²) >= 11 is 0. The molecular formula is C12H18N4O3. The molecular weight excluding hydrogens is 248 g/mol. The minimum atomic E-state index is -0.984. The van der Waals surface area contributed by atoms with E-state index in [0.717, 1.165) is 12.8 Å². The Bertz CT molecular complexity index is 456. The number of carbonyl (C=O) groups is 2. The summed E-state index contributed by atoms with van der Waals surface area (Å²) < 4.78 is 1.25. The van der Waals surface area contributed by atoms with Crippen LogP contribution in [0.15, 0.2) is 25.0 Å². The molecule has 104 valence electrons. The minimum absolute atomic E-state index is 0.231. The Morgan fingerprint density at radius 3 is 3.00 bits per heavy atom. The molecule has 0 fully saturated rings. The molecule has 0 radical (unpaired) electrons. The second kappa shape index (κ2) is 7.20. The molecule has 0 unspecified atom stereocenters. The van der Waals surface area contributed by atoms with Gasteiger partial charge in [0.25, 0.3) is 0 Å². The average molecular weight is 266 g/mol. The number of unbranched alkanes of at least 4 members (excludes halogenated alkanes) is 1. The van der Waals surface area contributed by atoms with Gasteiger partial charge < -0.3 is 15.3 Å². The van der Waals surface area contributed by atoms with E-state index < -0.39 is 5.97 Å². The van der Waals surface area contributed by atoms with Crippen LogP contribution < -0.4 is 5.32 Å². The van der Waals surface area contributed by atoms with Gasteiger partial charge in [0.2, 0.25) is 0 Å². The van der Waals surface area contributed by atoms with Crippen molar-refractivity contribution in [1.82, 2.24) is 14.7 Å². The lowest BCUT2D eigenvalue weighted by atomic mass is 10.3. The Hall–Kier alpha value is -2.31. The number of rotatable bonds is 7. The third kappa shape index (κ3) is 5.24. The average Bonchev–Trinajstić information content (AvgIpc) is 2.75. The summed E-state index contributed by atoms with van der Waals surface area (Å²) in [6, 6.07) is -0.251. The summed E-state index contributed by atoms with van der Waals surface area (Å²) in [5.41, 5.74) is 0.474. The van der Waals surface area contributed by atoms with Crippen LogP contribution >= 0.6 is 0 Å². The largest absolute Gasteiger partial charge is 0.480 e. The number of amides is 2. The molecule has 0 atom stereocenters. The monoisotopic (exact) mass is 266 g/mol. The van der Waals surface area contributed by atoms with Crippen molar-refractivity contribution in [1.29, 1.82) is 0 Å². The highest BCUT2D eigenvalue weighted by Crippen LogP contribution is 2.06. The molecule has 0 aliphatic heterocycles. The smallest absolute Gasteiger partial charge is 0.325 e. The quantitative estimate of drug-likeness (QED) is 0.577. The van der Waals surface area contributed by atoms with Gasteiger partial charge in [-0.1, -0.05) is 6.08 Å². The van der Waals surface area contributed by atoms with E-state index in [1.165, 1.54) is 17.1 Å². The Labute approximate surface area is 111 Å². The summed E-state index contributed by atoms with van der Waals surface area (Å²) in [7, 11) is 1.69. The van der Waals surface area contributed by atoms with E-state index in [1.807, 2.05) is 6.08 Å². The Kier molecular flexibility index (Phi) is 5.59. The third-order valence-corrected chi connectivity index (χ3v) is 2.43. The molecule has 1 rings (SSSR count). The molecule has 1 aromatic heterocycles. The zero-order valence-electron chi connectivity index (χ0n) is 10.9. The van der Waals surface area contributed by atoms with Gasteiger partial charge in [-0.05, 0) is 12.8 Å². The predicted octanol–water partition coefficient (Wildman–Crippen LogP) is 1.40. The third-order valence-electron chi connectivity index (χ3n) is 2.43. The number of aliphatic carboxylic acids is 1. The number of carboxylic acid groups (broad SMARTS) is 1. The Morgan fingerprint density at radius 2 is 2.37 bits per heavy atom. The van der Waals surface area contributed by atoms with E-state index >= 15 is 0 Å². The van der Waals surface area contributed by atoms with E-state index in [-0.39, 0.29) is 12.6 Å². The summed E-state index contributed by atoms with van der Waals surface area (Å²) in [6.07, 6.45) is 6.41. The van der Waals surface area contributed by atoms with Crippen LogP contribution in [0.25, 0.3) is 0 Å². The van der Waals surface area contributed by atoms with E-state index in [2.05, 4.69) is 17.0 Å². The van der Waals surface area contributed by atoms with Crippen molar-refractivity contribution in [3.05, 3.63) is 25.0 Å². The SMILES string of the molecule is C=CCCCN(C)C(=O)Nc1cnn(CC(=O)O)c1. The second-order valence-corrected chi connectivity index (χ2v) is 4.10. The van der Waals surface area contributed by atoms with Crippen molar-refractivity contribution in [3.63, 3.8) is 0 Å². The van der Waals surface area contributed by atoms with Crippen LogP contribution in [0, 0.1) is 0 Å². The number of urea groups is 1. The molecule has 1 aromatic rings. The standard InChI is InChI=1S/C12H18N4O3/c1-3-4-5-6-15(2)12(19)14-10-7-13-16(8-10)9-11(17)18/h3,7-8H,1,4-6,9H2,2H3,(H,14,19)(H,17,18). The number of hydrogen-bond acceptors (Lipinski definition) is 3. The van der Waals surface area contributed by atoms with E-state index in [4.69, 9.17) is 5.11 Å². The minimum Gasteiger partial charge on any atom is -0.480 e. The number of allylic oxidation sites excluding steroid dienone is 1. The van der Waals surface area contributed by atoms with Crippen LogP contribution in [-0.4, -0.2) is 45.4 Å². The number of nitrogens with zero attached hydrogens (tertiary/aromatic N) is 3. The lowest BCUT2D eigenvalue weighted by molar-refractivity contribution is -0.137. The van der Waals surface area contributed by atoms with Crippen molar-refractivity contribution >= 4 is 17.7 Å². The van der Waals surface area contributed by atoms with Crippen LogP contribution in [0.5, 0.6) is 0 Å². The predicted molar refractivity (Wildman–Crippen MR) is 70.9 cm³/mol. The molecule has 0 saturated carbocycles. The molecule has 0 saturated heterocycles. The highest BCUT2D eigenvalue weighted by molar-refractivity contribution is 5.88. The molecule has 0 spiro atoms. The van der Waals surface area contributed by atoms with Gasteiger partial charge >= 0.3 is 12.0 Å². The molecule has 7 heteroatoms. The van der Waals surface area contributed by atoms with E-state index in [9.17, 15) is 9.59 Å². The Morgan fingerprint density at radius 1 is 1.63 bits per heavy atom. The lowest BCUT2D eigenvalue weighted by Gasteiger charge is -2.16. The fourth-order valence-electron chi connectivity index (χ4n) is 1.45. The number of aromatic nitrogens is 2. The van der Waals surface area contributed by atoms with Gasteiger partial charge in [-0.3, -0.25) is 9.48 Å². The van der Waals surface area contributed by atoms with Crippen LogP contribution in [-0.2, 0) is 11.3 Å². The van der Waals surface area contributed by atoms with Crippen LogP contribution in [0.1, 0.15) is 12.8 Å². The molecule has 0 aliphatic carbocycles. The molecule has 7 nitrogen and oxygen atoms in total. The second-order valence-electron chi connectivity index (χ2n) is 4.10. The van der Waals surface area contributed by atoms with Crippen LogP contribution in [0.2, 0.25) is 0 Å². The van der Waals surface area contributed by atoms with E-state index in [0.29, 0.717) is 12.2 Å². The van der Waals surface area contributed by atoms with Gasteiger partial charge in [0.15, 0.2) is 0 Å². The molecule has 2 amide bonds. The maximum Gasteiger partial charge on any atom is 0.325 e. The maximum atomic E-state index is 11.8. The molecule has 2 N–H and O–H groups in total. The molecule has 0 bridgehead atoms. The van der Waals surface area contributed by atoms with Crippen molar-refractivity contribution in [2.24, 2.45) is 0 Å². The van der Waals surface area contributed by atoms with Crippen molar-refractivity contribution < 1.29 is 14.7 Å². The maximum absolute atomic E-state index is 11.8. The molecule has 19 heavy (non-hydrogen) atoms. The van der Waals surface area contributed by atoms with Gasteiger partial charge in [-0.25, -0.2) is 4.79 Å². The van der Waals surface area contributed by atoms with Crippen LogP contribution in [0.4, 0.5) is 10.5 Å². The first-order chi connectivity index (χ1) is 9.02. The van der Waals surface area contributed by atoms with Gasteiger partial charge in [0, 0.05) is 19.8 Å². The normalized spacial score (nSPS) is 9.95. The number of carboxylic acids is 1. The molecule has 0 aliphatic rings. The van der Waals surface area contributed by atoms with Crippen molar-refractivity contribution in [3.8, 4) is 0 Å². The number of carbonyl (C=O) groups excluding carboxylic acids is 1. The Balaban J connectivity index is 2.45. The first-order valence-corrected chi connectivity index (χ1v) is 5.90. The molecule has 1 heterocycles. The highest BCUT2D eigenvalue weighted by Gasteiger charge is 2.10. The lowest BCUT2D eigenvalue weighted by Crippen LogP contribution is -2.31. The van der Waals surface area contributed by atoms with Gasteiger partial charge in [0.1, 0.15) is 6.54 Å². The summed E-state index contributed by atoms with van der Waals surface area (Å²) in [5, 5.41) is 15.1. The number of hydrogen-bond donors (Lipinski definition) is 2. The summed E-state index contributed by atoms with van der Waals surface area (Å²) in [5.74, 6) is -0.984. The highest BCUT2D eigenvalue weighted by atomic mass is 16.4. The first kappa shape index (κ1) is 14.7. The summed E-state index contributed by atoms with van der Waals surface area (Å²) in [6.45, 7) is 4.01. The van der Waals surface area contributed by atoms with Gasteiger partial charge in [-0.15, -0.1) is 6.58 Å².